The second-order valence-corrected chi connectivity index (χ2v) is 6.99. The maximum Gasteiger partial charge on any atom is 0.460 e. The molecule has 138 valence electrons. The highest BCUT2D eigenvalue weighted by atomic mass is 31.2. The molecule has 0 aliphatic carbocycles. The van der Waals surface area contributed by atoms with Gasteiger partial charge in [-0.05, 0) is 23.3 Å². The molecule has 4 rings (SSSR count). The molecule has 1 N–H and O–H groups in total. The Kier molecular flexibility index (Phi) is 5.67. The molecule has 0 spiro atoms. The van der Waals surface area contributed by atoms with Crippen LogP contribution in [-0.2, 0) is 0 Å². The molecular weight excluding hydrogens is 367 g/mol. The molecule has 0 saturated heterocycles. The molecule has 0 fully saturated rings. The van der Waals surface area contributed by atoms with Crippen LogP contribution in [0.25, 0.3) is 22.3 Å². The van der Waals surface area contributed by atoms with Gasteiger partial charge in [-0.1, -0.05) is 97.1 Å². The molecule has 0 heterocycles. The number of benzene rings is 4. The second kappa shape index (κ2) is 8.71. The quantitative estimate of drug-likeness (QED) is 0.375. The molecule has 28 heavy (non-hydrogen) atoms. The summed E-state index contributed by atoms with van der Waals surface area (Å²) in [6.07, 6.45) is 0. The minimum atomic E-state index is -2.15. The summed E-state index contributed by atoms with van der Waals surface area (Å²) in [7, 11) is -2.15. The van der Waals surface area contributed by atoms with Gasteiger partial charge in [-0.3, -0.25) is 0 Å². The summed E-state index contributed by atoms with van der Waals surface area (Å²) in [6, 6.07) is 35.1. The van der Waals surface area contributed by atoms with Gasteiger partial charge in [0, 0.05) is 11.1 Å². The minimum absolute atomic E-state index is 0.583. The van der Waals surface area contributed by atoms with Crippen LogP contribution in [0.2, 0.25) is 0 Å². The van der Waals surface area contributed by atoms with Crippen molar-refractivity contribution in [1.29, 1.82) is 0 Å². The van der Waals surface area contributed by atoms with Crippen LogP contribution in [0, 0.1) is 0 Å². The van der Waals surface area contributed by atoms with E-state index in [1.54, 1.807) is 0 Å². The van der Waals surface area contributed by atoms with Gasteiger partial charge in [0.05, 0.1) is 0 Å². The standard InChI is InChI=1S/C24H19O3P/c25-28(26-23-17-9-7-15-21(23)19-11-3-1-4-12-19)27-24-18-10-8-16-22(24)20-13-5-2-6-14-20/h1-18,25H. The van der Waals surface area contributed by atoms with Gasteiger partial charge >= 0.3 is 8.60 Å². The van der Waals surface area contributed by atoms with Crippen molar-refractivity contribution in [2.45, 2.75) is 0 Å². The Bertz CT molecular complexity index is 951. The Labute approximate surface area is 165 Å². The zero-order chi connectivity index (χ0) is 19.2. The fourth-order valence-electron chi connectivity index (χ4n) is 2.99. The Morgan fingerprint density at radius 2 is 0.821 bits per heavy atom. The summed E-state index contributed by atoms with van der Waals surface area (Å²) in [6.45, 7) is 0. The first-order valence-corrected chi connectivity index (χ1v) is 10.1. The average Bonchev–Trinajstić information content (AvgIpc) is 2.76. The van der Waals surface area contributed by atoms with Crippen LogP contribution in [0.5, 0.6) is 11.5 Å². The highest BCUT2D eigenvalue weighted by molar-refractivity contribution is 7.41. The molecule has 0 aromatic heterocycles. The molecule has 0 aliphatic heterocycles. The molecule has 4 aromatic rings. The Balaban J connectivity index is 1.57. The molecule has 0 saturated carbocycles. The number of hydrogen-bond donors (Lipinski definition) is 1. The fraction of sp³-hybridized carbons (Fsp3) is 0. The van der Waals surface area contributed by atoms with Gasteiger partial charge in [0.15, 0.2) is 0 Å². The maximum absolute atomic E-state index is 10.5. The van der Waals surface area contributed by atoms with E-state index in [-0.39, 0.29) is 0 Å². The van der Waals surface area contributed by atoms with E-state index in [1.807, 2.05) is 109 Å². The Morgan fingerprint density at radius 1 is 0.464 bits per heavy atom. The van der Waals surface area contributed by atoms with Gasteiger partial charge in [-0.15, -0.1) is 0 Å². The lowest BCUT2D eigenvalue weighted by Crippen LogP contribution is -1.97. The van der Waals surface area contributed by atoms with Crippen LogP contribution in [0.4, 0.5) is 0 Å². The van der Waals surface area contributed by atoms with Gasteiger partial charge in [0.2, 0.25) is 0 Å². The highest BCUT2D eigenvalue weighted by Crippen LogP contribution is 2.43. The largest absolute Gasteiger partial charge is 0.460 e. The summed E-state index contributed by atoms with van der Waals surface area (Å²) in [5, 5.41) is 0. The van der Waals surface area contributed by atoms with Crippen LogP contribution in [0.3, 0.4) is 0 Å². The maximum atomic E-state index is 10.5. The van der Waals surface area contributed by atoms with Gasteiger partial charge in [0.25, 0.3) is 0 Å². The van der Waals surface area contributed by atoms with Crippen LogP contribution >= 0.6 is 8.60 Å². The zero-order valence-corrected chi connectivity index (χ0v) is 16.0. The minimum Gasteiger partial charge on any atom is -0.417 e. The van der Waals surface area contributed by atoms with E-state index in [0.29, 0.717) is 11.5 Å². The lowest BCUT2D eigenvalue weighted by molar-refractivity contribution is 0.383. The lowest BCUT2D eigenvalue weighted by Gasteiger charge is -2.17. The van der Waals surface area contributed by atoms with Gasteiger partial charge in [-0.2, -0.15) is 0 Å². The first-order valence-electron chi connectivity index (χ1n) is 8.95. The highest BCUT2D eigenvalue weighted by Gasteiger charge is 2.17. The summed E-state index contributed by atoms with van der Waals surface area (Å²) >= 11 is 0. The van der Waals surface area contributed by atoms with E-state index < -0.39 is 8.60 Å². The topological polar surface area (TPSA) is 38.7 Å². The van der Waals surface area contributed by atoms with E-state index in [4.69, 9.17) is 9.05 Å². The van der Waals surface area contributed by atoms with Crippen LogP contribution < -0.4 is 9.05 Å². The SMILES string of the molecule is OP(Oc1ccccc1-c1ccccc1)Oc1ccccc1-c1ccccc1. The van der Waals surface area contributed by atoms with E-state index in [2.05, 4.69) is 0 Å². The summed E-state index contributed by atoms with van der Waals surface area (Å²) < 4.78 is 11.6. The predicted octanol–water partition coefficient (Wildman–Crippen LogP) is 6.70. The molecule has 0 bridgehead atoms. The first-order chi connectivity index (χ1) is 13.8. The molecule has 0 aliphatic rings. The number of rotatable bonds is 6. The Hall–Kier alpha value is -3.13. The summed E-state index contributed by atoms with van der Waals surface area (Å²) in [5.41, 5.74) is 3.85. The first kappa shape index (κ1) is 18.2. The smallest absolute Gasteiger partial charge is 0.417 e. The van der Waals surface area contributed by atoms with Crippen molar-refractivity contribution >= 4 is 8.60 Å². The molecule has 0 unspecified atom stereocenters. The summed E-state index contributed by atoms with van der Waals surface area (Å²) in [5.74, 6) is 1.17. The molecule has 3 nitrogen and oxygen atoms in total. The van der Waals surface area contributed by atoms with Crippen molar-refractivity contribution in [3.05, 3.63) is 109 Å². The summed E-state index contributed by atoms with van der Waals surface area (Å²) in [4.78, 5) is 10.5. The third-order valence-electron chi connectivity index (χ3n) is 4.30. The number of para-hydroxylation sites is 2. The van der Waals surface area contributed by atoms with E-state index >= 15 is 0 Å². The molecule has 4 heteroatoms. The van der Waals surface area contributed by atoms with E-state index in [9.17, 15) is 4.89 Å². The fourth-order valence-corrected chi connectivity index (χ4v) is 3.68. The van der Waals surface area contributed by atoms with Crippen LogP contribution in [0.1, 0.15) is 0 Å². The third kappa shape index (κ3) is 4.23. The number of hydrogen-bond acceptors (Lipinski definition) is 3. The van der Waals surface area contributed by atoms with Crippen molar-refractivity contribution < 1.29 is 13.9 Å². The zero-order valence-electron chi connectivity index (χ0n) is 15.1. The molecule has 0 amide bonds. The Morgan fingerprint density at radius 3 is 1.25 bits per heavy atom. The predicted molar refractivity (Wildman–Crippen MR) is 114 cm³/mol. The second-order valence-electron chi connectivity index (χ2n) is 6.14. The third-order valence-corrected chi connectivity index (χ3v) is 5.00. The van der Waals surface area contributed by atoms with Crippen LogP contribution in [-0.4, -0.2) is 4.89 Å². The van der Waals surface area contributed by atoms with Gasteiger partial charge in [-0.25, -0.2) is 0 Å². The lowest BCUT2D eigenvalue weighted by atomic mass is 10.1. The molecule has 0 radical (unpaired) electrons. The normalized spacial score (nSPS) is 10.6. The van der Waals surface area contributed by atoms with Gasteiger partial charge in [0.1, 0.15) is 11.5 Å². The van der Waals surface area contributed by atoms with E-state index in [1.165, 1.54) is 0 Å². The average molecular weight is 386 g/mol. The monoisotopic (exact) mass is 386 g/mol. The molecule has 0 atom stereocenters. The molecule has 4 aromatic carbocycles. The van der Waals surface area contributed by atoms with Crippen LogP contribution in [0.15, 0.2) is 109 Å². The van der Waals surface area contributed by atoms with Crippen molar-refractivity contribution in [3.8, 4) is 33.8 Å². The van der Waals surface area contributed by atoms with Gasteiger partial charge < -0.3 is 13.9 Å². The van der Waals surface area contributed by atoms with Crippen molar-refractivity contribution in [2.75, 3.05) is 0 Å². The van der Waals surface area contributed by atoms with Crippen molar-refractivity contribution in [2.24, 2.45) is 0 Å². The molecular formula is C24H19O3P. The van der Waals surface area contributed by atoms with E-state index in [0.717, 1.165) is 22.3 Å². The van der Waals surface area contributed by atoms with Crippen molar-refractivity contribution in [3.63, 3.8) is 0 Å². The van der Waals surface area contributed by atoms with Crippen molar-refractivity contribution in [1.82, 2.24) is 0 Å².